The number of hydrogen-bond acceptors (Lipinski definition) is 6. The van der Waals surface area contributed by atoms with Crippen molar-refractivity contribution >= 4 is 23.1 Å². The van der Waals surface area contributed by atoms with Crippen molar-refractivity contribution in [3.8, 4) is 5.69 Å². The Balaban J connectivity index is 1.68. The Morgan fingerprint density at radius 2 is 2.08 bits per heavy atom. The van der Waals surface area contributed by atoms with E-state index in [0.29, 0.717) is 5.92 Å². The summed E-state index contributed by atoms with van der Waals surface area (Å²) in [5.74, 6) is 1.49. The molecule has 0 bridgehead atoms. The topological polar surface area (TPSA) is 56.5 Å². The molecular weight excluding hydrogens is 350 g/mol. The molecule has 0 atom stereocenters. The highest BCUT2D eigenvalue weighted by molar-refractivity contribution is 7.98. The Kier molecular flexibility index (Phi) is 5.86. The molecule has 132 valence electrons. The van der Waals surface area contributed by atoms with Crippen LogP contribution in [0.3, 0.4) is 0 Å². The predicted octanol–water partition coefficient (Wildman–Crippen LogP) is 4.62. The molecule has 1 aromatic carbocycles. The number of tetrazole rings is 1. The quantitative estimate of drug-likeness (QED) is 0.566. The van der Waals surface area contributed by atoms with Gasteiger partial charge in [-0.1, -0.05) is 43.3 Å². The highest BCUT2D eigenvalue weighted by Gasteiger charge is 2.12. The molecule has 2 heterocycles. The fourth-order valence-electron chi connectivity index (χ4n) is 2.54. The molecule has 0 amide bonds. The van der Waals surface area contributed by atoms with Crippen molar-refractivity contribution in [1.82, 2.24) is 25.2 Å². The fourth-order valence-corrected chi connectivity index (χ4v) is 4.24. The Hall–Kier alpha value is -1.73. The molecule has 3 aromatic rings. The Morgan fingerprint density at radius 3 is 2.84 bits per heavy atom. The van der Waals surface area contributed by atoms with E-state index in [9.17, 15) is 0 Å². The number of thiazole rings is 1. The molecule has 0 fully saturated rings. The number of rotatable bonds is 7. The molecule has 0 radical (unpaired) electrons. The van der Waals surface area contributed by atoms with Crippen molar-refractivity contribution in [3.05, 3.63) is 45.4 Å². The van der Waals surface area contributed by atoms with Crippen LogP contribution < -0.4 is 0 Å². The zero-order valence-corrected chi connectivity index (χ0v) is 16.7. The summed E-state index contributed by atoms with van der Waals surface area (Å²) in [5, 5.41) is 16.4. The van der Waals surface area contributed by atoms with Crippen LogP contribution in [0, 0.1) is 19.8 Å². The molecule has 0 saturated heterocycles. The summed E-state index contributed by atoms with van der Waals surface area (Å²) in [5.41, 5.74) is 4.52. The second kappa shape index (κ2) is 8.10. The van der Waals surface area contributed by atoms with Crippen LogP contribution in [0.15, 0.2) is 28.7 Å². The van der Waals surface area contributed by atoms with Gasteiger partial charge in [-0.2, -0.15) is 4.68 Å². The zero-order valence-electron chi connectivity index (χ0n) is 15.1. The first kappa shape index (κ1) is 18.1. The monoisotopic (exact) mass is 373 g/mol. The molecule has 0 aliphatic heterocycles. The molecule has 0 N–H and O–H groups in total. The van der Waals surface area contributed by atoms with Gasteiger partial charge >= 0.3 is 0 Å². The maximum Gasteiger partial charge on any atom is 0.214 e. The van der Waals surface area contributed by atoms with Gasteiger partial charge in [0.15, 0.2) is 0 Å². The maximum absolute atomic E-state index is 4.73. The second-order valence-electron chi connectivity index (χ2n) is 6.62. The SMILES string of the molecule is Cc1ccc(-n2nnnc2SCc2csc(CCC(C)C)n2)c(C)c1. The van der Waals surface area contributed by atoms with Gasteiger partial charge in [-0.25, -0.2) is 4.98 Å². The van der Waals surface area contributed by atoms with E-state index in [1.165, 1.54) is 22.6 Å². The normalized spacial score (nSPS) is 11.4. The van der Waals surface area contributed by atoms with Gasteiger partial charge in [0.05, 0.1) is 16.4 Å². The maximum atomic E-state index is 4.73. The smallest absolute Gasteiger partial charge is 0.214 e. The molecule has 0 aliphatic carbocycles. The van der Waals surface area contributed by atoms with E-state index in [4.69, 9.17) is 4.98 Å². The van der Waals surface area contributed by atoms with E-state index in [0.717, 1.165) is 28.7 Å². The highest BCUT2D eigenvalue weighted by atomic mass is 32.2. The Morgan fingerprint density at radius 1 is 1.24 bits per heavy atom. The minimum Gasteiger partial charge on any atom is -0.245 e. The molecular formula is C18H23N5S2. The van der Waals surface area contributed by atoms with Gasteiger partial charge in [0.1, 0.15) is 0 Å². The number of thioether (sulfide) groups is 1. The Bertz CT molecular complexity index is 838. The third-order valence-corrected chi connectivity index (χ3v) is 5.82. The van der Waals surface area contributed by atoms with Gasteiger partial charge in [0.25, 0.3) is 0 Å². The molecule has 25 heavy (non-hydrogen) atoms. The summed E-state index contributed by atoms with van der Waals surface area (Å²) in [7, 11) is 0. The standard InChI is InChI=1S/C18H23N5S2/c1-12(2)5-8-17-19-15(10-24-17)11-25-18-20-21-22-23(18)16-7-6-13(3)9-14(16)4/h6-7,9-10,12H,5,8,11H2,1-4H3. The summed E-state index contributed by atoms with van der Waals surface area (Å²) in [6.07, 6.45) is 2.25. The van der Waals surface area contributed by atoms with Gasteiger partial charge in [0.2, 0.25) is 5.16 Å². The van der Waals surface area contributed by atoms with E-state index in [1.807, 2.05) is 4.68 Å². The molecule has 0 spiro atoms. The van der Waals surface area contributed by atoms with Crippen LogP contribution in [0.1, 0.15) is 42.1 Å². The fraction of sp³-hybridized carbons (Fsp3) is 0.444. The van der Waals surface area contributed by atoms with Crippen molar-refractivity contribution in [2.45, 2.75) is 51.4 Å². The highest BCUT2D eigenvalue weighted by Crippen LogP contribution is 2.25. The van der Waals surface area contributed by atoms with Crippen molar-refractivity contribution in [2.24, 2.45) is 5.92 Å². The van der Waals surface area contributed by atoms with Crippen LogP contribution in [0.5, 0.6) is 0 Å². The van der Waals surface area contributed by atoms with Crippen LogP contribution in [0.25, 0.3) is 5.69 Å². The van der Waals surface area contributed by atoms with Crippen LogP contribution in [0.4, 0.5) is 0 Å². The van der Waals surface area contributed by atoms with E-state index in [2.05, 4.69) is 66.8 Å². The Labute approximate surface area is 156 Å². The average molecular weight is 374 g/mol. The molecule has 0 aliphatic rings. The summed E-state index contributed by atoms with van der Waals surface area (Å²) >= 11 is 3.37. The third kappa shape index (κ3) is 4.67. The van der Waals surface area contributed by atoms with E-state index >= 15 is 0 Å². The summed E-state index contributed by atoms with van der Waals surface area (Å²) < 4.78 is 1.81. The van der Waals surface area contributed by atoms with Crippen molar-refractivity contribution in [1.29, 1.82) is 0 Å². The summed E-state index contributed by atoms with van der Waals surface area (Å²) in [4.78, 5) is 4.73. The molecule has 5 nitrogen and oxygen atoms in total. The van der Waals surface area contributed by atoms with E-state index in [-0.39, 0.29) is 0 Å². The average Bonchev–Trinajstić information content (AvgIpc) is 3.20. The number of benzene rings is 1. The molecule has 2 aromatic heterocycles. The van der Waals surface area contributed by atoms with Crippen molar-refractivity contribution in [3.63, 3.8) is 0 Å². The van der Waals surface area contributed by atoms with Crippen molar-refractivity contribution < 1.29 is 0 Å². The number of nitrogens with zero attached hydrogens (tertiary/aromatic N) is 5. The first-order chi connectivity index (χ1) is 12.0. The third-order valence-electron chi connectivity index (χ3n) is 3.91. The largest absolute Gasteiger partial charge is 0.245 e. The van der Waals surface area contributed by atoms with Gasteiger partial charge in [-0.05, 0) is 54.7 Å². The van der Waals surface area contributed by atoms with Gasteiger partial charge in [-0.15, -0.1) is 16.4 Å². The van der Waals surface area contributed by atoms with E-state index in [1.54, 1.807) is 23.1 Å². The lowest BCUT2D eigenvalue weighted by atomic mass is 10.1. The van der Waals surface area contributed by atoms with E-state index < -0.39 is 0 Å². The first-order valence-corrected chi connectivity index (χ1v) is 10.3. The van der Waals surface area contributed by atoms with Crippen molar-refractivity contribution in [2.75, 3.05) is 0 Å². The molecule has 0 unspecified atom stereocenters. The zero-order chi connectivity index (χ0) is 17.8. The summed E-state index contributed by atoms with van der Waals surface area (Å²) in [6.45, 7) is 8.67. The van der Waals surface area contributed by atoms with Crippen LogP contribution >= 0.6 is 23.1 Å². The molecule has 3 rings (SSSR count). The van der Waals surface area contributed by atoms with Crippen LogP contribution in [0.2, 0.25) is 0 Å². The lowest BCUT2D eigenvalue weighted by molar-refractivity contribution is 0.585. The van der Waals surface area contributed by atoms with Crippen LogP contribution in [-0.4, -0.2) is 25.2 Å². The molecule has 7 heteroatoms. The van der Waals surface area contributed by atoms with Crippen LogP contribution in [-0.2, 0) is 12.2 Å². The lowest BCUT2D eigenvalue weighted by Crippen LogP contribution is -2.02. The lowest BCUT2D eigenvalue weighted by Gasteiger charge is -2.07. The molecule has 0 saturated carbocycles. The number of aromatic nitrogens is 5. The minimum absolute atomic E-state index is 0.712. The second-order valence-corrected chi connectivity index (χ2v) is 8.50. The minimum atomic E-state index is 0.712. The number of hydrogen-bond donors (Lipinski definition) is 0. The predicted molar refractivity (Wildman–Crippen MR) is 103 cm³/mol. The van der Waals surface area contributed by atoms with Gasteiger partial charge < -0.3 is 0 Å². The van der Waals surface area contributed by atoms with Gasteiger partial charge in [0, 0.05) is 11.1 Å². The number of aryl methyl sites for hydroxylation is 3. The summed E-state index contributed by atoms with van der Waals surface area (Å²) in [6, 6.07) is 6.30. The van der Waals surface area contributed by atoms with Gasteiger partial charge in [-0.3, -0.25) is 0 Å². The first-order valence-electron chi connectivity index (χ1n) is 8.45.